The van der Waals surface area contributed by atoms with E-state index in [4.69, 9.17) is 23.9 Å². The minimum Gasteiger partial charge on any atom is -0.377 e. The maximum Gasteiger partial charge on any atom is 0.157 e. The van der Waals surface area contributed by atoms with Gasteiger partial charge in [0.05, 0.1) is 40.1 Å². The summed E-state index contributed by atoms with van der Waals surface area (Å²) >= 11 is 1.34. The number of hydrogen-bond donors (Lipinski definition) is 0. The topological polar surface area (TPSA) is 99.4 Å². The zero-order valence-electron chi connectivity index (χ0n) is 20.4. The van der Waals surface area contributed by atoms with Gasteiger partial charge >= 0.3 is 0 Å². The van der Waals surface area contributed by atoms with E-state index in [9.17, 15) is 8.42 Å². The van der Waals surface area contributed by atoms with Crippen molar-refractivity contribution in [1.29, 1.82) is 0 Å². The molecule has 1 unspecified atom stereocenters. The van der Waals surface area contributed by atoms with E-state index in [1.165, 1.54) is 17.8 Å². The first-order valence-electron chi connectivity index (χ1n) is 12.3. The Labute approximate surface area is 209 Å². The minimum absolute atomic E-state index is 0.128. The van der Waals surface area contributed by atoms with Gasteiger partial charge in [0.25, 0.3) is 0 Å². The summed E-state index contributed by atoms with van der Waals surface area (Å²) in [4.78, 5) is 7.33. The molecule has 0 bridgehead atoms. The average molecular weight is 518 g/mol. The second kappa shape index (κ2) is 8.50. The Bertz CT molecular complexity index is 1370. The molecule has 5 heterocycles. The van der Waals surface area contributed by atoms with Gasteiger partial charge in [0.1, 0.15) is 17.0 Å². The number of rotatable bonds is 5. The molecular formula is C24H31N5O4S2. The third-order valence-electron chi connectivity index (χ3n) is 7.51. The van der Waals surface area contributed by atoms with Crippen LogP contribution in [-0.4, -0.2) is 66.2 Å². The molecule has 3 aromatic heterocycles. The zero-order valence-corrected chi connectivity index (χ0v) is 22.0. The molecule has 2 aliphatic heterocycles. The fourth-order valence-corrected chi connectivity index (χ4v) is 7.82. The van der Waals surface area contributed by atoms with Crippen LogP contribution >= 0.6 is 11.5 Å². The van der Waals surface area contributed by atoms with Gasteiger partial charge < -0.3 is 14.4 Å². The lowest BCUT2D eigenvalue weighted by Crippen LogP contribution is -2.44. The Morgan fingerprint density at radius 2 is 2.03 bits per heavy atom. The Hall–Kier alpha value is -2.08. The molecule has 0 radical (unpaired) electrons. The highest BCUT2D eigenvalue weighted by Gasteiger charge is 2.55. The van der Waals surface area contributed by atoms with Gasteiger partial charge in [-0.3, -0.25) is 0 Å². The van der Waals surface area contributed by atoms with Gasteiger partial charge in [-0.25, -0.2) is 18.1 Å². The first-order chi connectivity index (χ1) is 16.8. The molecular weight excluding hydrogens is 486 g/mol. The number of anilines is 1. The summed E-state index contributed by atoms with van der Waals surface area (Å²) in [6.07, 6.45) is 5.54. The van der Waals surface area contributed by atoms with E-state index in [0.717, 1.165) is 64.5 Å². The number of nitrogens with zero attached hydrogens (tertiary/aromatic N) is 5. The molecule has 188 valence electrons. The van der Waals surface area contributed by atoms with Crippen molar-refractivity contribution in [2.45, 2.75) is 63.0 Å². The van der Waals surface area contributed by atoms with Crippen LogP contribution in [0.4, 0.5) is 5.82 Å². The Morgan fingerprint density at radius 3 is 2.71 bits per heavy atom. The SMILES string of the molecule is Cc1cc(-c2nsc3c(C4(S(C)(=O)=O)CC4)cc(N4CCOC[C@H]4C)nc23)n(C2CCCCO2)n1. The molecule has 9 nitrogen and oxygen atoms in total. The lowest BCUT2D eigenvalue weighted by Gasteiger charge is -2.34. The third kappa shape index (κ3) is 3.87. The van der Waals surface area contributed by atoms with E-state index in [1.54, 1.807) is 0 Å². The Balaban J connectivity index is 1.56. The molecule has 6 rings (SSSR count). The fourth-order valence-electron chi connectivity index (χ4n) is 5.41. The van der Waals surface area contributed by atoms with E-state index in [-0.39, 0.29) is 12.3 Å². The van der Waals surface area contributed by atoms with Crippen LogP contribution in [0.5, 0.6) is 0 Å². The van der Waals surface area contributed by atoms with E-state index >= 15 is 0 Å². The summed E-state index contributed by atoms with van der Waals surface area (Å²) in [5.74, 6) is 0.788. The Kier molecular flexibility index (Phi) is 5.66. The van der Waals surface area contributed by atoms with Crippen LogP contribution in [0.1, 0.15) is 56.5 Å². The summed E-state index contributed by atoms with van der Waals surface area (Å²) in [7, 11) is -3.30. The van der Waals surface area contributed by atoms with Crippen molar-refractivity contribution in [1.82, 2.24) is 19.1 Å². The van der Waals surface area contributed by atoms with Gasteiger partial charge in [-0.05, 0) is 75.2 Å². The second-order valence-electron chi connectivity index (χ2n) is 10.1. The van der Waals surface area contributed by atoms with E-state index in [2.05, 4.69) is 11.8 Å². The summed E-state index contributed by atoms with van der Waals surface area (Å²) in [5, 5.41) is 4.75. The lowest BCUT2D eigenvalue weighted by molar-refractivity contribution is -0.0385. The summed E-state index contributed by atoms with van der Waals surface area (Å²) < 4.78 is 44.4. The molecule has 3 aromatic rings. The number of fused-ring (bicyclic) bond motifs is 1. The van der Waals surface area contributed by atoms with Crippen molar-refractivity contribution >= 4 is 37.4 Å². The number of hydrogen-bond acceptors (Lipinski definition) is 9. The largest absolute Gasteiger partial charge is 0.377 e. The van der Waals surface area contributed by atoms with Crippen LogP contribution in [0.2, 0.25) is 0 Å². The highest BCUT2D eigenvalue weighted by atomic mass is 32.2. The maximum atomic E-state index is 13.0. The van der Waals surface area contributed by atoms with Gasteiger partial charge in [0.15, 0.2) is 16.1 Å². The number of morpholine rings is 1. The molecule has 1 saturated carbocycles. The molecule has 35 heavy (non-hydrogen) atoms. The molecule has 0 spiro atoms. The van der Waals surface area contributed by atoms with Crippen LogP contribution in [0.25, 0.3) is 21.6 Å². The van der Waals surface area contributed by atoms with Crippen LogP contribution in [-0.2, 0) is 24.1 Å². The van der Waals surface area contributed by atoms with Crippen molar-refractivity contribution in [3.63, 3.8) is 0 Å². The van der Waals surface area contributed by atoms with Crippen molar-refractivity contribution in [2.75, 3.05) is 37.5 Å². The Morgan fingerprint density at radius 1 is 1.20 bits per heavy atom. The molecule has 0 aromatic carbocycles. The number of aromatic nitrogens is 4. The predicted octanol–water partition coefficient (Wildman–Crippen LogP) is 3.82. The highest BCUT2D eigenvalue weighted by Crippen LogP contribution is 2.55. The van der Waals surface area contributed by atoms with Crippen LogP contribution < -0.4 is 4.90 Å². The van der Waals surface area contributed by atoms with Gasteiger partial charge in [-0.1, -0.05) is 0 Å². The average Bonchev–Trinajstić information content (AvgIpc) is 3.43. The number of ether oxygens (including phenoxy) is 2. The fraction of sp³-hybridized carbons (Fsp3) is 0.625. The van der Waals surface area contributed by atoms with Gasteiger partial charge in [0.2, 0.25) is 0 Å². The first kappa shape index (κ1) is 23.3. The number of aryl methyl sites for hydroxylation is 1. The molecule has 0 N–H and O–H groups in total. The smallest absolute Gasteiger partial charge is 0.157 e. The maximum absolute atomic E-state index is 13.0. The van der Waals surface area contributed by atoms with Crippen LogP contribution in [0, 0.1) is 6.92 Å². The molecule has 3 fully saturated rings. The van der Waals surface area contributed by atoms with Crippen LogP contribution in [0.15, 0.2) is 12.1 Å². The molecule has 2 saturated heterocycles. The zero-order chi connectivity index (χ0) is 24.4. The summed E-state index contributed by atoms with van der Waals surface area (Å²) in [6, 6.07) is 4.17. The van der Waals surface area contributed by atoms with Gasteiger partial charge in [-0.2, -0.15) is 9.47 Å². The number of sulfone groups is 1. The highest BCUT2D eigenvalue weighted by molar-refractivity contribution is 7.92. The van der Waals surface area contributed by atoms with Gasteiger partial charge in [-0.15, -0.1) is 0 Å². The lowest BCUT2D eigenvalue weighted by atomic mass is 10.1. The monoisotopic (exact) mass is 517 g/mol. The normalized spacial score (nSPS) is 24.7. The van der Waals surface area contributed by atoms with Crippen molar-refractivity contribution in [3.8, 4) is 11.4 Å². The molecule has 2 atom stereocenters. The number of pyridine rings is 1. The summed E-state index contributed by atoms with van der Waals surface area (Å²) in [6.45, 7) is 6.76. The molecule has 11 heteroatoms. The predicted molar refractivity (Wildman–Crippen MR) is 136 cm³/mol. The van der Waals surface area contributed by atoms with Crippen molar-refractivity contribution < 1.29 is 17.9 Å². The van der Waals surface area contributed by atoms with E-state index < -0.39 is 14.6 Å². The second-order valence-corrected chi connectivity index (χ2v) is 13.2. The van der Waals surface area contributed by atoms with E-state index in [1.807, 2.05) is 23.7 Å². The third-order valence-corrected chi connectivity index (χ3v) is 10.4. The van der Waals surface area contributed by atoms with Crippen LogP contribution in [0.3, 0.4) is 0 Å². The molecule has 0 amide bonds. The molecule has 3 aliphatic rings. The van der Waals surface area contributed by atoms with Gasteiger partial charge in [0, 0.05) is 19.4 Å². The van der Waals surface area contributed by atoms with Crippen molar-refractivity contribution in [2.24, 2.45) is 0 Å². The summed E-state index contributed by atoms with van der Waals surface area (Å²) in [5.41, 5.74) is 4.08. The standard InChI is InChI=1S/C24H31N5O4S2/c1-15-12-18(29(26-15)20-6-4-5-10-33-20)21-22-23(34-27-21)17(24(7-8-24)35(3,30)31)13-19(25-22)28-9-11-32-14-16(28)2/h12-13,16,20H,4-11,14H2,1-3H3/t16-,20?/m1/s1. The van der Waals surface area contributed by atoms with E-state index in [0.29, 0.717) is 32.6 Å². The van der Waals surface area contributed by atoms with Crippen molar-refractivity contribution in [3.05, 3.63) is 23.4 Å². The quantitative estimate of drug-likeness (QED) is 0.504. The minimum atomic E-state index is -3.30. The first-order valence-corrected chi connectivity index (χ1v) is 15.0. The molecule has 1 aliphatic carbocycles.